The molecule has 26 heavy (non-hydrogen) atoms. The Morgan fingerprint density at radius 3 is 2.62 bits per heavy atom. The molecule has 0 atom stereocenters. The van der Waals surface area contributed by atoms with Crippen LogP contribution < -0.4 is 0 Å². The van der Waals surface area contributed by atoms with Crippen LogP contribution in [0.25, 0.3) is 11.5 Å². The van der Waals surface area contributed by atoms with Gasteiger partial charge in [0.1, 0.15) is 11.5 Å². The lowest BCUT2D eigenvalue weighted by Gasteiger charge is -2.31. The van der Waals surface area contributed by atoms with Crippen molar-refractivity contribution in [3.63, 3.8) is 0 Å². The van der Waals surface area contributed by atoms with Crippen LogP contribution in [0.5, 0.6) is 0 Å². The van der Waals surface area contributed by atoms with Crippen LogP contribution in [0.3, 0.4) is 0 Å². The first-order valence-corrected chi connectivity index (χ1v) is 9.92. The summed E-state index contributed by atoms with van der Waals surface area (Å²) in [5.41, 5.74) is 5.19. The van der Waals surface area contributed by atoms with E-state index in [1.165, 1.54) is 10.6 Å². The highest BCUT2D eigenvalue weighted by Gasteiger charge is 2.23. The molecule has 3 aromatic heterocycles. The van der Waals surface area contributed by atoms with Gasteiger partial charge in [0.15, 0.2) is 5.82 Å². The first-order valence-electron chi connectivity index (χ1n) is 9.04. The molecule has 1 aliphatic heterocycles. The Kier molecular flexibility index (Phi) is 4.82. The Labute approximate surface area is 158 Å². The minimum atomic E-state index is 0.495. The lowest BCUT2D eigenvalue weighted by Crippen LogP contribution is -2.32. The van der Waals surface area contributed by atoms with Crippen molar-refractivity contribution < 1.29 is 0 Å². The predicted octanol–water partition coefficient (Wildman–Crippen LogP) is 3.33. The fourth-order valence-corrected chi connectivity index (χ4v) is 4.41. The Bertz CT molecular complexity index is 891. The fourth-order valence-electron chi connectivity index (χ4n) is 3.59. The summed E-state index contributed by atoms with van der Waals surface area (Å²) in [4.78, 5) is 22.1. The Balaban J connectivity index is 1.47. The van der Waals surface area contributed by atoms with E-state index in [4.69, 9.17) is 4.98 Å². The third kappa shape index (κ3) is 3.54. The summed E-state index contributed by atoms with van der Waals surface area (Å²) in [5, 5.41) is 0. The van der Waals surface area contributed by atoms with Crippen LogP contribution in [-0.4, -0.2) is 42.5 Å². The van der Waals surface area contributed by atoms with Gasteiger partial charge >= 0.3 is 0 Å². The van der Waals surface area contributed by atoms with Gasteiger partial charge in [0.05, 0.1) is 11.2 Å². The van der Waals surface area contributed by atoms with E-state index in [0.717, 1.165) is 55.5 Å². The van der Waals surface area contributed by atoms with Crippen LogP contribution in [0.2, 0.25) is 0 Å². The van der Waals surface area contributed by atoms with E-state index in [9.17, 15) is 0 Å². The number of rotatable bonds is 4. The molecule has 136 valence electrons. The molecule has 1 saturated heterocycles. The molecule has 4 rings (SSSR count). The summed E-state index contributed by atoms with van der Waals surface area (Å²) in [5.74, 6) is 2.22. The molecule has 0 saturated carbocycles. The van der Waals surface area contributed by atoms with Crippen molar-refractivity contribution in [2.75, 3.05) is 13.1 Å². The van der Waals surface area contributed by atoms with E-state index < -0.39 is 0 Å². The molecule has 0 aromatic carbocycles. The van der Waals surface area contributed by atoms with Crippen molar-refractivity contribution in [1.29, 1.82) is 0 Å². The van der Waals surface area contributed by atoms with E-state index in [-0.39, 0.29) is 0 Å². The maximum absolute atomic E-state index is 4.74. The Morgan fingerprint density at radius 2 is 1.96 bits per heavy atom. The van der Waals surface area contributed by atoms with Crippen LogP contribution in [-0.2, 0) is 13.6 Å². The predicted molar refractivity (Wildman–Crippen MR) is 103 cm³/mol. The molecule has 4 heterocycles. The summed E-state index contributed by atoms with van der Waals surface area (Å²) >= 11 is 1.76. The summed E-state index contributed by atoms with van der Waals surface area (Å²) in [7, 11) is 2.00. The minimum absolute atomic E-state index is 0.495. The smallest absolute Gasteiger partial charge is 0.158 e. The van der Waals surface area contributed by atoms with Crippen molar-refractivity contribution >= 4 is 11.3 Å². The number of likely N-dealkylation sites (tertiary alicyclic amines) is 1. The SMILES string of the molecule is Cc1nc(-c2nccn2C)cc(C2CCN(Cc3scnc3C)CC2)n1. The molecule has 0 aliphatic carbocycles. The first kappa shape index (κ1) is 17.3. The van der Waals surface area contributed by atoms with Crippen molar-refractivity contribution in [1.82, 2.24) is 29.4 Å². The highest BCUT2D eigenvalue weighted by Crippen LogP contribution is 2.30. The van der Waals surface area contributed by atoms with Gasteiger partial charge in [-0.2, -0.15) is 0 Å². The van der Waals surface area contributed by atoms with Gasteiger partial charge in [-0.25, -0.2) is 19.9 Å². The number of nitrogens with zero attached hydrogens (tertiary/aromatic N) is 6. The van der Waals surface area contributed by atoms with Crippen LogP contribution in [0.4, 0.5) is 0 Å². The van der Waals surface area contributed by atoms with Gasteiger partial charge in [-0.3, -0.25) is 4.90 Å². The number of thiazole rings is 1. The average molecular weight is 369 g/mol. The van der Waals surface area contributed by atoms with Gasteiger partial charge in [0, 0.05) is 42.5 Å². The number of aryl methyl sites for hydroxylation is 3. The summed E-state index contributed by atoms with van der Waals surface area (Å²) < 4.78 is 2.01. The summed E-state index contributed by atoms with van der Waals surface area (Å²) in [6.45, 7) is 7.29. The molecule has 0 spiro atoms. The molecule has 1 aliphatic rings. The van der Waals surface area contributed by atoms with Gasteiger partial charge < -0.3 is 4.57 Å². The standard InChI is InChI=1S/C19H24N6S/c1-13-18(26-12-21-13)11-25-7-4-15(5-8-25)16-10-17(23-14(2)22-16)19-20-6-9-24(19)3/h6,9-10,12,15H,4-5,7-8,11H2,1-3H3. The van der Waals surface area contributed by atoms with Crippen molar-refractivity contribution in [2.24, 2.45) is 7.05 Å². The maximum Gasteiger partial charge on any atom is 0.158 e. The van der Waals surface area contributed by atoms with Crippen LogP contribution in [0.15, 0.2) is 24.0 Å². The second-order valence-electron chi connectivity index (χ2n) is 7.00. The topological polar surface area (TPSA) is 59.7 Å². The second-order valence-corrected chi connectivity index (χ2v) is 7.94. The van der Waals surface area contributed by atoms with Gasteiger partial charge in [0.2, 0.25) is 0 Å². The highest BCUT2D eigenvalue weighted by atomic mass is 32.1. The lowest BCUT2D eigenvalue weighted by atomic mass is 9.92. The molecule has 0 N–H and O–H groups in total. The second kappa shape index (κ2) is 7.25. The number of hydrogen-bond donors (Lipinski definition) is 0. The first-order chi connectivity index (χ1) is 12.6. The molecule has 0 amide bonds. The maximum atomic E-state index is 4.74. The molecule has 1 fully saturated rings. The van der Waals surface area contributed by atoms with E-state index >= 15 is 0 Å². The van der Waals surface area contributed by atoms with E-state index in [1.54, 1.807) is 11.3 Å². The molecule has 0 radical (unpaired) electrons. The average Bonchev–Trinajstić information content (AvgIpc) is 3.23. The fraction of sp³-hybridized carbons (Fsp3) is 0.474. The highest BCUT2D eigenvalue weighted by molar-refractivity contribution is 7.09. The van der Waals surface area contributed by atoms with Crippen molar-refractivity contribution in [3.05, 3.63) is 46.1 Å². The number of imidazole rings is 1. The summed E-state index contributed by atoms with van der Waals surface area (Å²) in [6, 6.07) is 2.13. The zero-order valence-corrected chi connectivity index (χ0v) is 16.3. The third-order valence-electron chi connectivity index (χ3n) is 5.13. The van der Waals surface area contributed by atoms with Crippen LogP contribution in [0.1, 0.15) is 40.8 Å². The number of hydrogen-bond acceptors (Lipinski definition) is 6. The lowest BCUT2D eigenvalue weighted by molar-refractivity contribution is 0.204. The largest absolute Gasteiger partial charge is 0.333 e. The zero-order chi connectivity index (χ0) is 18.1. The normalized spacial score (nSPS) is 16.3. The zero-order valence-electron chi connectivity index (χ0n) is 15.5. The molecule has 7 heteroatoms. The molecule has 3 aromatic rings. The number of aromatic nitrogens is 5. The van der Waals surface area contributed by atoms with Gasteiger partial charge in [-0.1, -0.05) is 0 Å². The van der Waals surface area contributed by atoms with Crippen molar-refractivity contribution in [2.45, 2.75) is 39.2 Å². The molecular formula is C19H24N6S. The van der Waals surface area contributed by atoms with E-state index in [0.29, 0.717) is 5.92 Å². The Morgan fingerprint density at radius 1 is 1.15 bits per heavy atom. The van der Waals surface area contributed by atoms with Crippen LogP contribution in [0, 0.1) is 13.8 Å². The summed E-state index contributed by atoms with van der Waals surface area (Å²) in [6.07, 6.45) is 6.03. The Hall–Kier alpha value is -2.12. The monoisotopic (exact) mass is 368 g/mol. The molecule has 6 nitrogen and oxygen atoms in total. The molecule has 0 unspecified atom stereocenters. The van der Waals surface area contributed by atoms with Gasteiger partial charge in [-0.15, -0.1) is 11.3 Å². The van der Waals surface area contributed by atoms with E-state index in [1.807, 2.05) is 36.4 Å². The van der Waals surface area contributed by atoms with E-state index in [2.05, 4.69) is 32.8 Å². The molecule has 0 bridgehead atoms. The third-order valence-corrected chi connectivity index (χ3v) is 6.05. The van der Waals surface area contributed by atoms with Crippen molar-refractivity contribution in [3.8, 4) is 11.5 Å². The number of piperidine rings is 1. The quantitative estimate of drug-likeness (QED) is 0.707. The molecular weight excluding hydrogens is 344 g/mol. The van der Waals surface area contributed by atoms with Gasteiger partial charge in [0.25, 0.3) is 0 Å². The minimum Gasteiger partial charge on any atom is -0.333 e. The van der Waals surface area contributed by atoms with Gasteiger partial charge in [-0.05, 0) is 45.8 Å². The van der Waals surface area contributed by atoms with Crippen LogP contribution >= 0.6 is 11.3 Å².